The van der Waals surface area contributed by atoms with E-state index in [1.165, 1.54) is 23.5 Å². The van der Waals surface area contributed by atoms with E-state index in [4.69, 9.17) is 10.5 Å². The first-order valence-electron chi connectivity index (χ1n) is 6.49. The predicted octanol–water partition coefficient (Wildman–Crippen LogP) is 1.60. The van der Waals surface area contributed by atoms with Gasteiger partial charge in [-0.05, 0) is 47.0 Å². The molecule has 1 heterocycles. The Bertz CT molecular complexity index is 640. The molecule has 0 radical (unpaired) electrons. The van der Waals surface area contributed by atoms with Crippen molar-refractivity contribution in [3.8, 4) is 0 Å². The number of nitrogens with zero attached hydrogens (tertiary/aromatic N) is 1. The van der Waals surface area contributed by atoms with Crippen LogP contribution in [0.15, 0.2) is 27.6 Å². The number of carbonyl (C=O) groups is 1. The highest BCUT2D eigenvalue weighted by Crippen LogP contribution is 2.28. The number of anilines is 1. The third-order valence-corrected chi connectivity index (χ3v) is 6.21. The Balaban J connectivity index is 2.14. The topological polar surface area (TPSA) is 89.7 Å². The molecule has 0 saturated carbocycles. The van der Waals surface area contributed by atoms with Gasteiger partial charge in [-0.25, -0.2) is 8.42 Å². The molecule has 116 valence electrons. The van der Waals surface area contributed by atoms with E-state index in [-0.39, 0.29) is 16.8 Å². The monoisotopic (exact) mass is 376 g/mol. The van der Waals surface area contributed by atoms with Crippen LogP contribution in [0.2, 0.25) is 0 Å². The number of halogens is 1. The number of benzene rings is 1. The summed E-state index contributed by atoms with van der Waals surface area (Å²) < 4.78 is 31.8. The van der Waals surface area contributed by atoms with Gasteiger partial charge in [0.25, 0.3) is 0 Å². The van der Waals surface area contributed by atoms with Crippen LogP contribution in [0.4, 0.5) is 5.69 Å². The molecule has 0 atom stereocenters. The molecule has 1 fully saturated rings. The molecular weight excluding hydrogens is 360 g/mol. The molecular formula is C13H17BrN2O4S. The lowest BCUT2D eigenvalue weighted by atomic mass is 9.99. The minimum Gasteiger partial charge on any atom is -0.469 e. The number of piperidine rings is 1. The number of carbonyl (C=O) groups excluding carboxylic acids is 1. The minimum atomic E-state index is -3.58. The van der Waals surface area contributed by atoms with Gasteiger partial charge in [0.05, 0.1) is 17.9 Å². The summed E-state index contributed by atoms with van der Waals surface area (Å²) in [5, 5.41) is 0. The lowest BCUT2D eigenvalue weighted by Crippen LogP contribution is -2.40. The number of nitrogen functional groups attached to an aromatic ring is 1. The van der Waals surface area contributed by atoms with Crippen molar-refractivity contribution < 1.29 is 17.9 Å². The Labute approximate surface area is 132 Å². The van der Waals surface area contributed by atoms with Gasteiger partial charge in [-0.3, -0.25) is 4.79 Å². The van der Waals surface area contributed by atoms with Crippen molar-refractivity contribution in [1.82, 2.24) is 4.31 Å². The molecule has 0 aliphatic carbocycles. The van der Waals surface area contributed by atoms with Crippen LogP contribution in [-0.2, 0) is 19.6 Å². The van der Waals surface area contributed by atoms with Crippen LogP contribution in [0.5, 0.6) is 0 Å². The van der Waals surface area contributed by atoms with Crippen LogP contribution in [0.1, 0.15) is 12.8 Å². The molecule has 1 saturated heterocycles. The number of hydrogen-bond acceptors (Lipinski definition) is 5. The Kier molecular flexibility index (Phi) is 4.90. The largest absolute Gasteiger partial charge is 0.469 e. The number of hydrogen-bond donors (Lipinski definition) is 1. The minimum absolute atomic E-state index is 0.166. The van der Waals surface area contributed by atoms with E-state index in [9.17, 15) is 13.2 Å². The molecule has 8 heteroatoms. The van der Waals surface area contributed by atoms with E-state index >= 15 is 0 Å². The maximum absolute atomic E-state index is 12.5. The Morgan fingerprint density at radius 3 is 2.52 bits per heavy atom. The van der Waals surface area contributed by atoms with Crippen molar-refractivity contribution >= 4 is 37.6 Å². The van der Waals surface area contributed by atoms with Gasteiger partial charge in [-0.1, -0.05) is 0 Å². The summed E-state index contributed by atoms with van der Waals surface area (Å²) in [6.07, 6.45) is 0.940. The van der Waals surface area contributed by atoms with Crippen LogP contribution >= 0.6 is 15.9 Å². The van der Waals surface area contributed by atoms with E-state index in [0.29, 0.717) is 36.1 Å². The van der Waals surface area contributed by atoms with Gasteiger partial charge in [0.15, 0.2) is 0 Å². The highest BCUT2D eigenvalue weighted by Gasteiger charge is 2.32. The lowest BCUT2D eigenvalue weighted by Gasteiger charge is -2.29. The number of nitrogens with two attached hydrogens (primary N) is 1. The van der Waals surface area contributed by atoms with Crippen molar-refractivity contribution in [2.45, 2.75) is 17.7 Å². The molecule has 1 aromatic carbocycles. The molecule has 21 heavy (non-hydrogen) atoms. The summed E-state index contributed by atoms with van der Waals surface area (Å²) in [5.74, 6) is -0.503. The lowest BCUT2D eigenvalue weighted by molar-refractivity contribution is -0.146. The second-order valence-electron chi connectivity index (χ2n) is 4.88. The number of ether oxygens (including phenoxy) is 1. The highest BCUT2D eigenvalue weighted by molar-refractivity contribution is 9.10. The second kappa shape index (κ2) is 6.33. The van der Waals surface area contributed by atoms with Gasteiger partial charge in [0, 0.05) is 23.2 Å². The standard InChI is InChI=1S/C13H17BrN2O4S/c1-20-13(17)9-4-6-16(7-5-9)21(18,19)10-2-3-11(14)12(15)8-10/h2-3,8-9H,4-7,15H2,1H3. The van der Waals surface area contributed by atoms with E-state index in [0.717, 1.165) is 0 Å². The molecule has 6 nitrogen and oxygen atoms in total. The predicted molar refractivity (Wildman–Crippen MR) is 82.1 cm³/mol. The summed E-state index contributed by atoms with van der Waals surface area (Å²) in [4.78, 5) is 11.6. The number of methoxy groups -OCH3 is 1. The smallest absolute Gasteiger partial charge is 0.308 e. The van der Waals surface area contributed by atoms with Crippen LogP contribution in [-0.4, -0.2) is 38.9 Å². The fourth-order valence-electron chi connectivity index (χ4n) is 2.33. The zero-order chi connectivity index (χ0) is 15.6. The summed E-state index contributed by atoms with van der Waals surface area (Å²) in [7, 11) is -2.23. The maximum atomic E-state index is 12.5. The summed E-state index contributed by atoms with van der Waals surface area (Å²) in [6.45, 7) is 0.607. The van der Waals surface area contributed by atoms with Gasteiger partial charge in [0.1, 0.15) is 0 Å². The molecule has 1 aliphatic rings. The fraction of sp³-hybridized carbons (Fsp3) is 0.462. The molecule has 2 rings (SSSR count). The summed E-state index contributed by atoms with van der Waals surface area (Å²) in [5.41, 5.74) is 6.11. The van der Waals surface area contributed by atoms with Crippen LogP contribution < -0.4 is 5.73 Å². The normalized spacial score (nSPS) is 17.6. The molecule has 1 aliphatic heterocycles. The first-order chi connectivity index (χ1) is 9.86. The third-order valence-electron chi connectivity index (χ3n) is 3.59. The van der Waals surface area contributed by atoms with Crippen molar-refractivity contribution in [3.63, 3.8) is 0 Å². The zero-order valence-electron chi connectivity index (χ0n) is 11.6. The molecule has 0 spiro atoms. The summed E-state index contributed by atoms with van der Waals surface area (Å²) >= 11 is 3.24. The van der Waals surface area contributed by atoms with Gasteiger partial charge < -0.3 is 10.5 Å². The Morgan fingerprint density at radius 1 is 1.38 bits per heavy atom. The van der Waals surface area contributed by atoms with Gasteiger partial charge in [-0.15, -0.1) is 0 Å². The maximum Gasteiger partial charge on any atom is 0.308 e. The number of sulfonamides is 1. The molecule has 0 bridgehead atoms. The molecule has 1 aromatic rings. The zero-order valence-corrected chi connectivity index (χ0v) is 14.0. The quantitative estimate of drug-likeness (QED) is 0.639. The van der Waals surface area contributed by atoms with E-state index in [1.807, 2.05) is 0 Å². The first kappa shape index (κ1) is 16.3. The van der Waals surface area contributed by atoms with E-state index in [1.54, 1.807) is 6.07 Å². The second-order valence-corrected chi connectivity index (χ2v) is 7.68. The van der Waals surface area contributed by atoms with E-state index in [2.05, 4.69) is 15.9 Å². The average Bonchev–Trinajstić information content (AvgIpc) is 2.49. The van der Waals surface area contributed by atoms with Gasteiger partial charge in [-0.2, -0.15) is 4.31 Å². The van der Waals surface area contributed by atoms with Crippen molar-refractivity contribution in [1.29, 1.82) is 0 Å². The van der Waals surface area contributed by atoms with E-state index < -0.39 is 10.0 Å². The highest BCUT2D eigenvalue weighted by atomic mass is 79.9. The van der Waals surface area contributed by atoms with Crippen LogP contribution in [0.25, 0.3) is 0 Å². The van der Waals surface area contributed by atoms with Crippen LogP contribution in [0, 0.1) is 5.92 Å². The average molecular weight is 377 g/mol. The molecule has 2 N–H and O–H groups in total. The fourth-order valence-corrected chi connectivity index (χ4v) is 4.08. The first-order valence-corrected chi connectivity index (χ1v) is 8.72. The Hall–Kier alpha value is -1.12. The van der Waals surface area contributed by atoms with Crippen LogP contribution in [0.3, 0.4) is 0 Å². The third kappa shape index (κ3) is 3.38. The Morgan fingerprint density at radius 2 is 2.00 bits per heavy atom. The number of esters is 1. The van der Waals surface area contributed by atoms with Crippen molar-refractivity contribution in [3.05, 3.63) is 22.7 Å². The van der Waals surface area contributed by atoms with Crippen molar-refractivity contribution in [2.75, 3.05) is 25.9 Å². The van der Waals surface area contributed by atoms with Gasteiger partial charge in [0.2, 0.25) is 10.0 Å². The van der Waals surface area contributed by atoms with Crippen molar-refractivity contribution in [2.24, 2.45) is 5.92 Å². The molecule has 0 amide bonds. The SMILES string of the molecule is COC(=O)C1CCN(S(=O)(=O)c2ccc(Br)c(N)c2)CC1. The van der Waals surface area contributed by atoms with Gasteiger partial charge >= 0.3 is 5.97 Å². The number of rotatable bonds is 3. The summed E-state index contributed by atoms with van der Waals surface area (Å²) in [6, 6.07) is 4.57. The molecule has 0 aromatic heterocycles. The molecule has 0 unspecified atom stereocenters.